The number of thiazole rings is 1. The van der Waals surface area contributed by atoms with Gasteiger partial charge < -0.3 is 32.4 Å². The van der Waals surface area contributed by atoms with E-state index < -0.39 is 0 Å². The number of para-hydroxylation sites is 2. The smallest absolute Gasteiger partial charge is 0.323 e. The zero-order valence-electron chi connectivity index (χ0n) is 25.6. The van der Waals surface area contributed by atoms with E-state index in [0.29, 0.717) is 30.2 Å². The number of benzene rings is 2. The van der Waals surface area contributed by atoms with Crippen LogP contribution in [-0.2, 0) is 6.54 Å². The number of unbranched alkanes of at least 4 members (excludes halogenated alkanes) is 11. The highest BCUT2D eigenvalue weighted by atomic mass is 79.9. The fraction of sp³-hybridized carbons (Fsp3) is 0.500. The number of carbonyl (C=O) groups excluding carboxylic acids is 2. The molecule has 0 spiro atoms. The second-order valence-electron chi connectivity index (χ2n) is 10.8. The van der Waals surface area contributed by atoms with Crippen LogP contribution in [0.2, 0.25) is 0 Å². The Hall–Kier alpha value is -2.71. The Balaban J connectivity index is 0.00000616. The van der Waals surface area contributed by atoms with Crippen LogP contribution in [0.25, 0.3) is 0 Å². The van der Waals surface area contributed by atoms with Crippen LogP contribution in [0.3, 0.4) is 0 Å². The third-order valence-electron chi connectivity index (χ3n) is 7.37. The van der Waals surface area contributed by atoms with Gasteiger partial charge >= 0.3 is 6.03 Å². The minimum absolute atomic E-state index is 0. The average molecular weight is 659 g/mol. The lowest BCUT2D eigenvalue weighted by Gasteiger charge is -2.16. The molecule has 0 bridgehead atoms. The highest BCUT2D eigenvalue weighted by Gasteiger charge is 2.17. The molecule has 0 radical (unpaired) electrons. The van der Waals surface area contributed by atoms with Crippen LogP contribution in [0.1, 0.15) is 113 Å². The highest BCUT2D eigenvalue weighted by Crippen LogP contribution is 2.30. The van der Waals surface area contributed by atoms with E-state index in [-0.39, 0.29) is 28.8 Å². The van der Waals surface area contributed by atoms with Gasteiger partial charge in [0.1, 0.15) is 0 Å². The lowest BCUT2D eigenvalue weighted by atomic mass is 10.1. The van der Waals surface area contributed by atoms with Gasteiger partial charge in [0.05, 0.1) is 28.9 Å². The standard InChI is InChI=1S/C34H47N3O3S.BrH/c1-4-5-6-7-8-9-10-11-12-13-14-17-23-40-33-30(28(3)38)20-18-22-32(33)36-34(39)35-31-21-16-15-19-29(31)24-37-26-41-25-27(37)2;/h15-16,18-22,25-26H,4-14,17,23-24H2,1-3H3,(H-,35,36,39);1H. The molecule has 0 saturated heterocycles. The summed E-state index contributed by atoms with van der Waals surface area (Å²) >= 11 is 1.65. The predicted molar refractivity (Wildman–Crippen MR) is 170 cm³/mol. The molecule has 8 heteroatoms. The van der Waals surface area contributed by atoms with Crippen LogP contribution >= 0.6 is 11.3 Å². The molecule has 1 aromatic heterocycles. The van der Waals surface area contributed by atoms with Crippen molar-refractivity contribution in [1.29, 1.82) is 0 Å². The van der Waals surface area contributed by atoms with E-state index in [1.807, 2.05) is 24.3 Å². The van der Waals surface area contributed by atoms with Gasteiger partial charge in [-0.1, -0.05) is 113 Å². The normalized spacial score (nSPS) is 10.6. The molecule has 6 nitrogen and oxygen atoms in total. The van der Waals surface area contributed by atoms with E-state index >= 15 is 0 Å². The van der Waals surface area contributed by atoms with Crippen molar-refractivity contribution in [3.8, 4) is 5.75 Å². The third-order valence-corrected chi connectivity index (χ3v) is 8.23. The first-order valence-corrected chi connectivity index (χ1v) is 16.3. The number of ether oxygens (including phenoxy) is 1. The number of Topliss-reactive ketones (excluding diaryl/α,β-unsaturated/α-hetero) is 1. The number of hydrogen-bond acceptors (Lipinski definition) is 4. The van der Waals surface area contributed by atoms with Gasteiger partial charge in [-0.15, -0.1) is 0 Å². The number of hydrogen-bond donors (Lipinski definition) is 2. The van der Waals surface area contributed by atoms with Crippen molar-refractivity contribution < 1.29 is 35.9 Å². The number of anilines is 2. The maximum absolute atomic E-state index is 13.1. The van der Waals surface area contributed by atoms with Crippen molar-refractivity contribution in [2.24, 2.45) is 0 Å². The molecule has 3 rings (SSSR count). The summed E-state index contributed by atoms with van der Waals surface area (Å²) in [6.07, 6.45) is 15.3. The lowest BCUT2D eigenvalue weighted by molar-refractivity contribution is -0.689. The minimum Gasteiger partial charge on any atom is -1.00 e. The molecular weight excluding hydrogens is 610 g/mol. The average Bonchev–Trinajstić information content (AvgIpc) is 3.36. The first-order valence-electron chi connectivity index (χ1n) is 15.3. The number of urea groups is 1. The lowest BCUT2D eigenvalue weighted by Crippen LogP contribution is -3.00. The Bertz CT molecular complexity index is 1230. The molecule has 1 heterocycles. The fourth-order valence-corrected chi connectivity index (χ4v) is 5.72. The SMILES string of the molecule is CCCCCCCCCCCCCCOc1c(NC(=O)Nc2ccccc2C[n+]2cscc2C)cccc1C(C)=O.[Br-]. The number of aromatic nitrogens is 1. The van der Waals surface area contributed by atoms with E-state index in [1.54, 1.807) is 29.5 Å². The number of ketones is 1. The highest BCUT2D eigenvalue weighted by molar-refractivity contribution is 7.07. The largest absolute Gasteiger partial charge is 1.00 e. The molecule has 0 aliphatic rings. The summed E-state index contributed by atoms with van der Waals surface area (Å²) in [5.74, 6) is 0.350. The van der Waals surface area contributed by atoms with Gasteiger partial charge in [0.25, 0.3) is 0 Å². The Kier molecular flexibility index (Phi) is 17.1. The summed E-state index contributed by atoms with van der Waals surface area (Å²) in [5, 5.41) is 8.00. The molecule has 0 saturated carbocycles. The summed E-state index contributed by atoms with van der Waals surface area (Å²) in [7, 11) is 0. The molecule has 2 N–H and O–H groups in total. The first kappa shape index (κ1) is 35.5. The van der Waals surface area contributed by atoms with Gasteiger partial charge in [0.15, 0.2) is 23.8 Å². The Morgan fingerprint density at radius 2 is 1.40 bits per heavy atom. The molecule has 0 atom stereocenters. The molecule has 2 amide bonds. The summed E-state index contributed by atoms with van der Waals surface area (Å²) in [6.45, 7) is 7.03. The van der Waals surface area contributed by atoms with E-state index in [2.05, 4.69) is 39.9 Å². The molecule has 3 aromatic rings. The van der Waals surface area contributed by atoms with Crippen molar-refractivity contribution in [3.63, 3.8) is 0 Å². The van der Waals surface area contributed by atoms with E-state index in [0.717, 1.165) is 24.1 Å². The number of aryl methyl sites for hydroxylation is 1. The van der Waals surface area contributed by atoms with Gasteiger partial charge in [-0.2, -0.15) is 4.57 Å². The summed E-state index contributed by atoms with van der Waals surface area (Å²) in [5.41, 5.74) is 5.96. The molecular formula is C34H48BrN3O3S. The van der Waals surface area contributed by atoms with Crippen LogP contribution in [0.5, 0.6) is 5.75 Å². The van der Waals surface area contributed by atoms with E-state index in [1.165, 1.54) is 76.8 Å². The van der Waals surface area contributed by atoms with Crippen molar-refractivity contribution in [2.75, 3.05) is 17.2 Å². The fourth-order valence-electron chi connectivity index (χ4n) is 4.94. The van der Waals surface area contributed by atoms with Crippen LogP contribution in [0.4, 0.5) is 16.2 Å². The number of carbonyl (C=O) groups is 2. The molecule has 230 valence electrons. The third kappa shape index (κ3) is 12.3. The quantitative estimate of drug-likeness (QED) is 0.0900. The Morgan fingerprint density at radius 1 is 0.810 bits per heavy atom. The first-order chi connectivity index (χ1) is 20.0. The number of rotatable bonds is 19. The topological polar surface area (TPSA) is 71.3 Å². The van der Waals surface area contributed by atoms with E-state index in [9.17, 15) is 9.59 Å². The molecule has 0 unspecified atom stereocenters. The number of nitrogens with zero attached hydrogens (tertiary/aromatic N) is 1. The molecule has 2 aromatic carbocycles. The van der Waals surface area contributed by atoms with Gasteiger partial charge in [-0.3, -0.25) is 4.79 Å². The van der Waals surface area contributed by atoms with Gasteiger partial charge in [0, 0.05) is 12.5 Å². The minimum atomic E-state index is -0.375. The van der Waals surface area contributed by atoms with Crippen LogP contribution < -0.4 is 36.9 Å². The maximum Gasteiger partial charge on any atom is 0.323 e. The number of nitrogens with one attached hydrogen (secondary N) is 2. The van der Waals surface area contributed by atoms with E-state index in [4.69, 9.17) is 4.74 Å². The number of amides is 2. The molecule has 0 fully saturated rings. The van der Waals surface area contributed by atoms with Crippen molar-refractivity contribution in [2.45, 2.75) is 104 Å². The molecule has 42 heavy (non-hydrogen) atoms. The van der Waals surface area contributed by atoms with Gasteiger partial charge in [0.2, 0.25) is 5.51 Å². The van der Waals surface area contributed by atoms with Crippen LogP contribution in [0.15, 0.2) is 53.4 Å². The zero-order chi connectivity index (χ0) is 29.3. The monoisotopic (exact) mass is 657 g/mol. The molecule has 0 aliphatic heterocycles. The molecule has 0 aliphatic carbocycles. The van der Waals surface area contributed by atoms with Gasteiger partial charge in [-0.25, -0.2) is 4.79 Å². The Morgan fingerprint density at radius 3 is 2.02 bits per heavy atom. The predicted octanol–water partition coefficient (Wildman–Crippen LogP) is 6.32. The van der Waals surface area contributed by atoms with Gasteiger partial charge in [-0.05, 0) is 31.5 Å². The summed E-state index contributed by atoms with van der Waals surface area (Å²) < 4.78 is 8.27. The second kappa shape index (κ2) is 20.2. The van der Waals surface area contributed by atoms with Crippen molar-refractivity contribution in [3.05, 3.63) is 70.2 Å². The number of halogens is 1. The maximum atomic E-state index is 13.1. The summed E-state index contributed by atoms with van der Waals surface area (Å²) in [4.78, 5) is 25.4. The summed E-state index contributed by atoms with van der Waals surface area (Å²) in [6, 6.07) is 12.7. The Labute approximate surface area is 267 Å². The van der Waals surface area contributed by atoms with Crippen LogP contribution in [0, 0.1) is 6.92 Å². The second-order valence-corrected chi connectivity index (χ2v) is 11.6. The zero-order valence-corrected chi connectivity index (χ0v) is 28.0. The van der Waals surface area contributed by atoms with Crippen molar-refractivity contribution >= 4 is 34.5 Å². The van der Waals surface area contributed by atoms with Crippen molar-refractivity contribution in [1.82, 2.24) is 0 Å². The van der Waals surface area contributed by atoms with Crippen LogP contribution in [-0.4, -0.2) is 18.4 Å².